The summed E-state index contributed by atoms with van der Waals surface area (Å²) in [5, 5.41) is 58.5. The van der Waals surface area contributed by atoms with Crippen LogP contribution < -0.4 is 5.56 Å². The Balaban J connectivity index is 1.65. The van der Waals surface area contributed by atoms with E-state index >= 15 is 0 Å². The monoisotopic (exact) mass is 428 g/mol. The first-order valence-corrected chi connectivity index (χ1v) is 9.54. The van der Waals surface area contributed by atoms with Gasteiger partial charge in [0.15, 0.2) is 11.2 Å². The van der Waals surface area contributed by atoms with Crippen LogP contribution in [0.15, 0.2) is 17.4 Å². The third-order valence-corrected chi connectivity index (χ3v) is 5.59. The molecule has 13 heteroatoms. The van der Waals surface area contributed by atoms with Crippen LogP contribution >= 0.6 is 0 Å². The number of hydrogen-bond acceptors (Lipinski definition) is 11. The number of aliphatic hydroxyl groups excluding tert-OH is 6. The lowest BCUT2D eigenvalue weighted by Gasteiger charge is -2.37. The molecule has 2 saturated heterocycles. The van der Waals surface area contributed by atoms with Gasteiger partial charge in [0.2, 0.25) is 0 Å². The molecule has 6 N–H and O–H groups in total. The molecule has 0 spiro atoms. The summed E-state index contributed by atoms with van der Waals surface area (Å²) in [4.78, 5) is 21.2. The number of rotatable bonds is 4. The zero-order chi connectivity index (χ0) is 21.6. The molecular formula is C17H24N4O9. The molecule has 0 amide bonds. The van der Waals surface area contributed by atoms with E-state index < -0.39 is 67.9 Å². The van der Waals surface area contributed by atoms with Crippen molar-refractivity contribution in [3.05, 3.63) is 23.0 Å². The molecule has 30 heavy (non-hydrogen) atoms. The number of aromatic nitrogens is 4. The normalized spacial score (nSPS) is 37.5. The van der Waals surface area contributed by atoms with Gasteiger partial charge in [-0.05, 0) is 0 Å². The van der Waals surface area contributed by atoms with Crippen LogP contribution in [-0.4, -0.2) is 99.6 Å². The van der Waals surface area contributed by atoms with Gasteiger partial charge in [0, 0.05) is 12.8 Å². The Labute approximate surface area is 169 Å². The van der Waals surface area contributed by atoms with Crippen molar-refractivity contribution in [2.45, 2.75) is 61.9 Å². The molecule has 0 bridgehead atoms. The predicted octanol–water partition coefficient (Wildman–Crippen LogP) is -3.40. The molecule has 4 rings (SSSR count). The maximum atomic E-state index is 12.9. The lowest BCUT2D eigenvalue weighted by Crippen LogP contribution is -2.49. The standard InChI is InChI=1S/C17H24N4O9/c22-3-9-14(26)7(24)1-11(29-9)20-5-18-13-16(20)19-6-21(17(13)28)12-2-8(25)15(27)10(4-23)30-12/h5-12,14-15,22-27H,1-4H2/t7-,8+,9+,10+,11-,12+,14+,15+/m1/s1. The smallest absolute Gasteiger partial charge is 0.283 e. The first-order valence-electron chi connectivity index (χ1n) is 9.54. The lowest BCUT2D eigenvalue weighted by molar-refractivity contribution is -0.202. The highest BCUT2D eigenvalue weighted by molar-refractivity contribution is 5.69. The van der Waals surface area contributed by atoms with Crippen molar-refractivity contribution in [2.75, 3.05) is 13.2 Å². The molecule has 166 valence electrons. The Morgan fingerprint density at radius 2 is 1.37 bits per heavy atom. The van der Waals surface area contributed by atoms with Crippen molar-refractivity contribution in [1.82, 2.24) is 19.1 Å². The Kier molecular flexibility index (Phi) is 5.87. The average Bonchev–Trinajstić information content (AvgIpc) is 3.17. The van der Waals surface area contributed by atoms with Crippen LogP contribution in [0.1, 0.15) is 25.3 Å². The number of nitrogens with zero attached hydrogens (tertiary/aromatic N) is 4. The lowest BCUT2D eigenvalue weighted by atomic mass is 10.0. The molecule has 8 atom stereocenters. The quantitative estimate of drug-likeness (QED) is 0.284. The first kappa shape index (κ1) is 21.3. The topological polar surface area (TPSA) is 193 Å². The summed E-state index contributed by atoms with van der Waals surface area (Å²) in [6, 6.07) is 0. The number of imidazole rings is 1. The fraction of sp³-hybridized carbons (Fsp3) is 0.706. The van der Waals surface area contributed by atoms with Crippen LogP contribution in [0.3, 0.4) is 0 Å². The molecule has 13 nitrogen and oxygen atoms in total. The number of aliphatic hydroxyl groups is 6. The molecule has 2 aliphatic rings. The molecule has 0 radical (unpaired) electrons. The average molecular weight is 428 g/mol. The summed E-state index contributed by atoms with van der Waals surface area (Å²) in [6.07, 6.45) is -6.26. The van der Waals surface area contributed by atoms with Gasteiger partial charge in [0.05, 0.1) is 31.7 Å². The van der Waals surface area contributed by atoms with Gasteiger partial charge in [0.1, 0.15) is 43.2 Å². The summed E-state index contributed by atoms with van der Waals surface area (Å²) in [5.41, 5.74) is -0.428. The summed E-state index contributed by atoms with van der Waals surface area (Å²) in [5.74, 6) is 0. The Hall–Kier alpha value is -1.97. The fourth-order valence-electron chi connectivity index (χ4n) is 3.86. The molecule has 0 unspecified atom stereocenters. The largest absolute Gasteiger partial charge is 0.394 e. The van der Waals surface area contributed by atoms with E-state index in [9.17, 15) is 35.4 Å². The molecule has 2 aliphatic heterocycles. The zero-order valence-electron chi connectivity index (χ0n) is 15.8. The van der Waals surface area contributed by atoms with E-state index in [-0.39, 0.29) is 24.0 Å². The van der Waals surface area contributed by atoms with E-state index in [0.29, 0.717) is 0 Å². The van der Waals surface area contributed by atoms with Gasteiger partial charge in [-0.2, -0.15) is 0 Å². The molecule has 0 aliphatic carbocycles. The minimum Gasteiger partial charge on any atom is -0.394 e. The van der Waals surface area contributed by atoms with E-state index in [1.165, 1.54) is 17.2 Å². The van der Waals surface area contributed by atoms with Crippen molar-refractivity contribution in [1.29, 1.82) is 0 Å². The van der Waals surface area contributed by atoms with Gasteiger partial charge in [-0.15, -0.1) is 0 Å². The van der Waals surface area contributed by atoms with Crippen molar-refractivity contribution in [3.8, 4) is 0 Å². The Morgan fingerprint density at radius 3 is 1.90 bits per heavy atom. The maximum Gasteiger partial charge on any atom is 0.283 e. The second kappa shape index (κ2) is 8.28. The minimum atomic E-state index is -1.28. The third kappa shape index (κ3) is 3.52. The van der Waals surface area contributed by atoms with Gasteiger partial charge in [-0.1, -0.05) is 0 Å². The summed E-state index contributed by atoms with van der Waals surface area (Å²) >= 11 is 0. The minimum absolute atomic E-state index is 0.00187. The van der Waals surface area contributed by atoms with Crippen LogP contribution in [-0.2, 0) is 9.47 Å². The number of fused-ring (bicyclic) bond motifs is 1. The van der Waals surface area contributed by atoms with E-state index in [0.717, 1.165) is 4.57 Å². The van der Waals surface area contributed by atoms with Crippen LogP contribution in [0.25, 0.3) is 11.2 Å². The van der Waals surface area contributed by atoms with Crippen molar-refractivity contribution in [3.63, 3.8) is 0 Å². The summed E-state index contributed by atoms with van der Waals surface area (Å²) in [6.45, 7) is -1.03. The van der Waals surface area contributed by atoms with E-state index in [1.807, 2.05) is 0 Å². The van der Waals surface area contributed by atoms with Crippen LogP contribution in [0.2, 0.25) is 0 Å². The number of ether oxygens (including phenoxy) is 2. The SMILES string of the molecule is O=c1c2ncn([C@H]3C[C@@H](O)[C@H](O)[C@H](CO)O3)c2ncn1[C@@H]1C[C@H](O)[C@H](O)[C@H](CO)O1. The van der Waals surface area contributed by atoms with Crippen LogP contribution in [0, 0.1) is 0 Å². The Morgan fingerprint density at radius 1 is 0.867 bits per heavy atom. The second-order valence-electron chi connectivity index (χ2n) is 7.49. The maximum absolute atomic E-state index is 12.9. The second-order valence-corrected chi connectivity index (χ2v) is 7.49. The summed E-state index contributed by atoms with van der Waals surface area (Å²) in [7, 11) is 0. The third-order valence-electron chi connectivity index (χ3n) is 5.59. The molecule has 0 saturated carbocycles. The molecular weight excluding hydrogens is 404 g/mol. The van der Waals surface area contributed by atoms with Gasteiger partial charge in [-0.3, -0.25) is 13.9 Å². The molecule has 2 aromatic rings. The fourth-order valence-corrected chi connectivity index (χ4v) is 3.86. The van der Waals surface area contributed by atoms with E-state index in [2.05, 4.69) is 9.97 Å². The van der Waals surface area contributed by atoms with E-state index in [1.54, 1.807) is 0 Å². The van der Waals surface area contributed by atoms with Gasteiger partial charge in [-0.25, -0.2) is 9.97 Å². The zero-order valence-corrected chi connectivity index (χ0v) is 15.8. The van der Waals surface area contributed by atoms with Crippen molar-refractivity contribution >= 4 is 11.2 Å². The van der Waals surface area contributed by atoms with Gasteiger partial charge >= 0.3 is 0 Å². The van der Waals surface area contributed by atoms with Gasteiger partial charge in [0.25, 0.3) is 5.56 Å². The summed E-state index contributed by atoms with van der Waals surface area (Å²) < 4.78 is 13.7. The molecule has 2 fully saturated rings. The highest BCUT2D eigenvalue weighted by atomic mass is 16.5. The molecule has 2 aromatic heterocycles. The molecule has 0 aromatic carbocycles. The highest BCUT2D eigenvalue weighted by Crippen LogP contribution is 2.30. The van der Waals surface area contributed by atoms with Crippen molar-refractivity contribution in [2.24, 2.45) is 0 Å². The highest BCUT2D eigenvalue weighted by Gasteiger charge is 2.39. The van der Waals surface area contributed by atoms with Gasteiger partial charge < -0.3 is 40.1 Å². The number of hydrogen-bond donors (Lipinski definition) is 6. The molecule has 4 heterocycles. The predicted molar refractivity (Wildman–Crippen MR) is 97.0 cm³/mol. The van der Waals surface area contributed by atoms with Crippen LogP contribution in [0.4, 0.5) is 0 Å². The van der Waals surface area contributed by atoms with Crippen LogP contribution in [0.5, 0.6) is 0 Å². The van der Waals surface area contributed by atoms with Crippen molar-refractivity contribution < 1.29 is 40.1 Å². The Bertz CT molecular complexity index is 949. The first-order chi connectivity index (χ1) is 14.3. The van der Waals surface area contributed by atoms with E-state index in [4.69, 9.17) is 9.47 Å².